The quantitative estimate of drug-likeness (QED) is 0.885. The van der Waals surface area contributed by atoms with E-state index in [1.807, 2.05) is 60.7 Å². The molecule has 104 valence electrons. The molecule has 2 nitrogen and oxygen atoms in total. The standard InChI is InChI=1S/C18H21NO/c1-3-14(2)18(17(19)20,15-10-6-4-7-11-15)16-12-8-5-9-13-16/h4-14H,3H2,1-2H3,(H2,19,20). The van der Waals surface area contributed by atoms with Crippen molar-refractivity contribution in [2.75, 3.05) is 0 Å². The first-order valence-corrected chi connectivity index (χ1v) is 7.05. The van der Waals surface area contributed by atoms with Gasteiger partial charge in [0.25, 0.3) is 0 Å². The highest BCUT2D eigenvalue weighted by molar-refractivity contribution is 5.91. The lowest BCUT2D eigenvalue weighted by Crippen LogP contribution is -2.47. The van der Waals surface area contributed by atoms with Crippen molar-refractivity contribution >= 4 is 5.91 Å². The van der Waals surface area contributed by atoms with Crippen LogP contribution in [0.15, 0.2) is 60.7 Å². The SMILES string of the molecule is CCC(C)C(C(N)=O)(c1ccccc1)c1ccccc1. The zero-order chi connectivity index (χ0) is 14.6. The molecule has 20 heavy (non-hydrogen) atoms. The van der Waals surface area contributed by atoms with Crippen molar-refractivity contribution < 1.29 is 4.79 Å². The van der Waals surface area contributed by atoms with E-state index in [4.69, 9.17) is 5.73 Å². The highest BCUT2D eigenvalue weighted by Crippen LogP contribution is 2.40. The van der Waals surface area contributed by atoms with E-state index in [0.29, 0.717) is 0 Å². The molecule has 0 radical (unpaired) electrons. The van der Waals surface area contributed by atoms with E-state index in [1.165, 1.54) is 0 Å². The van der Waals surface area contributed by atoms with Gasteiger partial charge in [-0.15, -0.1) is 0 Å². The molecule has 1 amide bonds. The Morgan fingerprint density at radius 3 is 1.70 bits per heavy atom. The summed E-state index contributed by atoms with van der Waals surface area (Å²) in [7, 11) is 0. The minimum atomic E-state index is -0.767. The topological polar surface area (TPSA) is 43.1 Å². The van der Waals surface area contributed by atoms with Crippen LogP contribution in [0.5, 0.6) is 0 Å². The molecule has 2 heteroatoms. The number of benzene rings is 2. The molecule has 0 saturated heterocycles. The normalized spacial score (nSPS) is 12.9. The van der Waals surface area contributed by atoms with Gasteiger partial charge in [-0.25, -0.2) is 0 Å². The minimum Gasteiger partial charge on any atom is -0.369 e. The number of rotatable bonds is 5. The first-order chi connectivity index (χ1) is 9.64. The maximum atomic E-state index is 12.4. The summed E-state index contributed by atoms with van der Waals surface area (Å²) in [5, 5.41) is 0. The first kappa shape index (κ1) is 14.3. The number of carbonyl (C=O) groups is 1. The molecule has 1 unspecified atom stereocenters. The minimum absolute atomic E-state index is 0.129. The molecular formula is C18H21NO. The van der Waals surface area contributed by atoms with Gasteiger partial charge in [0.05, 0.1) is 0 Å². The molecule has 2 aromatic rings. The molecule has 0 aliphatic rings. The van der Waals surface area contributed by atoms with Gasteiger partial charge in [0.2, 0.25) is 5.91 Å². The fourth-order valence-electron chi connectivity index (χ4n) is 2.97. The summed E-state index contributed by atoms with van der Waals surface area (Å²) in [6.07, 6.45) is 0.882. The van der Waals surface area contributed by atoms with Crippen LogP contribution in [0.1, 0.15) is 31.4 Å². The third kappa shape index (κ3) is 2.22. The lowest BCUT2D eigenvalue weighted by Gasteiger charge is -2.37. The molecule has 0 saturated carbocycles. The number of hydrogen-bond donors (Lipinski definition) is 1. The van der Waals surface area contributed by atoms with Crippen molar-refractivity contribution in [2.45, 2.75) is 25.7 Å². The van der Waals surface area contributed by atoms with Gasteiger partial charge in [0, 0.05) is 0 Å². The maximum Gasteiger partial charge on any atom is 0.232 e. The molecule has 2 aromatic carbocycles. The number of primary amides is 1. The average molecular weight is 267 g/mol. The fourth-order valence-corrected chi connectivity index (χ4v) is 2.97. The molecule has 0 aliphatic heterocycles. The molecule has 2 rings (SSSR count). The second kappa shape index (κ2) is 5.91. The van der Waals surface area contributed by atoms with Gasteiger partial charge >= 0.3 is 0 Å². The summed E-state index contributed by atoms with van der Waals surface area (Å²) in [6.45, 7) is 4.18. The van der Waals surface area contributed by atoms with Crippen molar-refractivity contribution in [3.63, 3.8) is 0 Å². The summed E-state index contributed by atoms with van der Waals surface area (Å²) in [5.74, 6) is -0.158. The van der Waals surface area contributed by atoms with Crippen LogP contribution < -0.4 is 5.73 Å². The molecule has 2 N–H and O–H groups in total. The zero-order valence-electron chi connectivity index (χ0n) is 12.0. The highest BCUT2D eigenvalue weighted by Gasteiger charge is 2.44. The van der Waals surface area contributed by atoms with E-state index >= 15 is 0 Å². The number of nitrogens with two attached hydrogens (primary N) is 1. The Morgan fingerprint density at radius 2 is 1.40 bits per heavy atom. The fraction of sp³-hybridized carbons (Fsp3) is 0.278. The van der Waals surface area contributed by atoms with Crippen LogP contribution in [0, 0.1) is 5.92 Å². The molecule has 0 bridgehead atoms. The third-order valence-electron chi connectivity index (χ3n) is 4.20. The Morgan fingerprint density at radius 1 is 1.00 bits per heavy atom. The van der Waals surface area contributed by atoms with E-state index in [2.05, 4.69) is 13.8 Å². The van der Waals surface area contributed by atoms with E-state index in [9.17, 15) is 4.79 Å². The summed E-state index contributed by atoms with van der Waals surface area (Å²) in [6, 6.07) is 19.7. The molecule has 0 aromatic heterocycles. The average Bonchev–Trinajstić information content (AvgIpc) is 2.49. The van der Waals surface area contributed by atoms with E-state index in [0.717, 1.165) is 17.5 Å². The smallest absolute Gasteiger partial charge is 0.232 e. The third-order valence-corrected chi connectivity index (χ3v) is 4.20. The largest absolute Gasteiger partial charge is 0.369 e. The van der Waals surface area contributed by atoms with E-state index in [-0.39, 0.29) is 11.8 Å². The van der Waals surface area contributed by atoms with Gasteiger partial charge in [-0.1, -0.05) is 80.9 Å². The monoisotopic (exact) mass is 267 g/mol. The zero-order valence-corrected chi connectivity index (χ0v) is 12.0. The summed E-state index contributed by atoms with van der Waals surface area (Å²) < 4.78 is 0. The van der Waals surface area contributed by atoms with Crippen LogP contribution in [-0.4, -0.2) is 5.91 Å². The molecule has 0 fully saturated rings. The Kier molecular flexibility index (Phi) is 4.23. The van der Waals surface area contributed by atoms with Gasteiger partial charge in [-0.2, -0.15) is 0 Å². The van der Waals surface area contributed by atoms with Crippen LogP contribution in [0.4, 0.5) is 0 Å². The number of carbonyl (C=O) groups excluding carboxylic acids is 1. The van der Waals surface area contributed by atoms with Crippen molar-refractivity contribution in [1.82, 2.24) is 0 Å². The Labute approximate surface area is 120 Å². The molecular weight excluding hydrogens is 246 g/mol. The first-order valence-electron chi connectivity index (χ1n) is 7.05. The van der Waals surface area contributed by atoms with Gasteiger partial charge in [-0.3, -0.25) is 4.79 Å². The van der Waals surface area contributed by atoms with Gasteiger partial charge < -0.3 is 5.73 Å². The lowest BCUT2D eigenvalue weighted by molar-refractivity contribution is -0.123. The van der Waals surface area contributed by atoms with Crippen molar-refractivity contribution in [3.8, 4) is 0 Å². The maximum absolute atomic E-state index is 12.4. The predicted molar refractivity (Wildman–Crippen MR) is 82.3 cm³/mol. The van der Waals surface area contributed by atoms with E-state index in [1.54, 1.807) is 0 Å². The molecule has 0 aliphatic carbocycles. The van der Waals surface area contributed by atoms with Crippen LogP contribution >= 0.6 is 0 Å². The predicted octanol–water partition coefficient (Wildman–Crippen LogP) is 3.50. The van der Waals surface area contributed by atoms with Crippen LogP contribution in [0.25, 0.3) is 0 Å². The summed E-state index contributed by atoms with van der Waals surface area (Å²) in [5.41, 5.74) is 7.04. The molecule has 0 heterocycles. The Balaban J connectivity index is 2.73. The van der Waals surface area contributed by atoms with Gasteiger partial charge in [0.1, 0.15) is 5.41 Å². The summed E-state index contributed by atoms with van der Waals surface area (Å²) in [4.78, 5) is 12.4. The lowest BCUT2D eigenvalue weighted by atomic mass is 9.65. The van der Waals surface area contributed by atoms with Crippen LogP contribution in [0.2, 0.25) is 0 Å². The summed E-state index contributed by atoms with van der Waals surface area (Å²) >= 11 is 0. The Bertz CT molecular complexity index is 523. The Hall–Kier alpha value is -2.09. The van der Waals surface area contributed by atoms with Crippen molar-refractivity contribution in [3.05, 3.63) is 71.8 Å². The second-order valence-electron chi connectivity index (χ2n) is 5.21. The van der Waals surface area contributed by atoms with Crippen molar-refractivity contribution in [1.29, 1.82) is 0 Å². The van der Waals surface area contributed by atoms with Crippen LogP contribution in [-0.2, 0) is 10.2 Å². The highest BCUT2D eigenvalue weighted by atomic mass is 16.1. The van der Waals surface area contributed by atoms with E-state index < -0.39 is 5.41 Å². The van der Waals surface area contributed by atoms with Crippen LogP contribution in [0.3, 0.4) is 0 Å². The van der Waals surface area contributed by atoms with Gasteiger partial charge in [-0.05, 0) is 17.0 Å². The molecule has 1 atom stereocenters. The second-order valence-corrected chi connectivity index (χ2v) is 5.21. The van der Waals surface area contributed by atoms with Crippen molar-refractivity contribution in [2.24, 2.45) is 11.7 Å². The number of hydrogen-bond acceptors (Lipinski definition) is 1. The molecule has 0 spiro atoms. The van der Waals surface area contributed by atoms with Gasteiger partial charge in [0.15, 0.2) is 0 Å². The number of amides is 1.